The van der Waals surface area contributed by atoms with Crippen LogP contribution >= 0.6 is 23.4 Å². The van der Waals surface area contributed by atoms with Crippen LogP contribution in [0.15, 0.2) is 6.33 Å². The van der Waals surface area contributed by atoms with E-state index < -0.39 is 6.04 Å². The second-order valence-corrected chi connectivity index (χ2v) is 5.16. The summed E-state index contributed by atoms with van der Waals surface area (Å²) in [6, 6.07) is -0.593. The minimum absolute atomic E-state index is 0.106. The Morgan fingerprint density at radius 2 is 2.42 bits per heavy atom. The maximum absolute atomic E-state index is 11.8. The van der Waals surface area contributed by atoms with E-state index in [1.54, 1.807) is 11.8 Å². The number of H-pyrrole nitrogens is 1. The topological polar surface area (TPSA) is 110 Å². The van der Waals surface area contributed by atoms with Gasteiger partial charge in [-0.15, -0.1) is 0 Å². The van der Waals surface area contributed by atoms with Crippen molar-refractivity contribution < 1.29 is 4.79 Å². The number of imidazole rings is 1. The Labute approximate surface area is 118 Å². The highest BCUT2D eigenvalue weighted by atomic mass is 35.5. The Balaban J connectivity index is 2.10. The molecule has 0 bridgehead atoms. The van der Waals surface area contributed by atoms with Crippen LogP contribution in [-0.4, -0.2) is 43.9 Å². The molecule has 2 heterocycles. The number of halogens is 1. The molecule has 2 rings (SSSR count). The molecule has 0 aromatic carbocycles. The highest BCUT2D eigenvalue weighted by molar-refractivity contribution is 7.98. The third-order valence-corrected chi connectivity index (χ3v) is 3.36. The average molecular weight is 301 g/mol. The lowest BCUT2D eigenvalue weighted by Crippen LogP contribution is -2.36. The summed E-state index contributed by atoms with van der Waals surface area (Å²) in [7, 11) is 0. The number of nitrogens with zero attached hydrogens (tertiary/aromatic N) is 3. The van der Waals surface area contributed by atoms with E-state index in [1.165, 1.54) is 6.33 Å². The standard InChI is InChI=1S/C10H13ClN6OS/c1-19-3-2-5(12)9(18)17-10-15-7(11)6-8(16-10)14-4-13-6/h4-5H,2-3,12H2,1H3,(H2,13,14,15,16,17,18)/t5-/m0/s1. The molecule has 0 spiro atoms. The summed E-state index contributed by atoms with van der Waals surface area (Å²) in [5.74, 6) is 0.586. The van der Waals surface area contributed by atoms with Crippen molar-refractivity contribution in [2.45, 2.75) is 12.5 Å². The van der Waals surface area contributed by atoms with Crippen LogP contribution < -0.4 is 11.1 Å². The van der Waals surface area contributed by atoms with Crippen molar-refractivity contribution in [3.05, 3.63) is 11.5 Å². The van der Waals surface area contributed by atoms with Gasteiger partial charge in [0.05, 0.1) is 12.4 Å². The number of hydrogen-bond acceptors (Lipinski definition) is 6. The van der Waals surface area contributed by atoms with Crippen LogP contribution in [0.5, 0.6) is 0 Å². The predicted octanol–water partition coefficient (Wildman–Crippen LogP) is 1.03. The quantitative estimate of drug-likeness (QED) is 0.711. The molecule has 19 heavy (non-hydrogen) atoms. The Bertz CT molecular complexity index is 588. The molecular weight excluding hydrogens is 288 g/mol. The SMILES string of the molecule is CSCC[C@H](N)C(=O)Nc1nc(Cl)c2[nH]cnc2n1. The van der Waals surface area contributed by atoms with Crippen LogP contribution in [0.4, 0.5) is 5.95 Å². The lowest BCUT2D eigenvalue weighted by atomic mass is 10.2. The van der Waals surface area contributed by atoms with E-state index in [1.807, 2.05) is 6.26 Å². The first-order valence-corrected chi connectivity index (χ1v) is 7.31. The normalized spacial score (nSPS) is 12.6. The van der Waals surface area contributed by atoms with Gasteiger partial charge < -0.3 is 10.7 Å². The summed E-state index contributed by atoms with van der Waals surface area (Å²) in [4.78, 5) is 26.6. The third kappa shape index (κ3) is 3.34. The summed E-state index contributed by atoms with van der Waals surface area (Å²) >= 11 is 7.57. The predicted molar refractivity (Wildman–Crippen MR) is 76.3 cm³/mol. The maximum Gasteiger partial charge on any atom is 0.243 e. The molecule has 0 aliphatic carbocycles. The van der Waals surface area contributed by atoms with Crippen LogP contribution in [0, 0.1) is 0 Å². The van der Waals surface area contributed by atoms with Gasteiger partial charge in [-0.2, -0.15) is 21.7 Å². The van der Waals surface area contributed by atoms with Crippen molar-refractivity contribution in [3.63, 3.8) is 0 Å². The zero-order valence-electron chi connectivity index (χ0n) is 10.2. The molecule has 0 unspecified atom stereocenters. The summed E-state index contributed by atoms with van der Waals surface area (Å²) < 4.78 is 0. The second kappa shape index (κ2) is 6.18. The number of thioether (sulfide) groups is 1. The smallest absolute Gasteiger partial charge is 0.243 e. The van der Waals surface area contributed by atoms with Gasteiger partial charge in [0.2, 0.25) is 11.9 Å². The molecule has 7 nitrogen and oxygen atoms in total. The minimum Gasteiger partial charge on any atom is -0.341 e. The number of carbonyl (C=O) groups is 1. The number of fused-ring (bicyclic) bond motifs is 1. The first-order chi connectivity index (χ1) is 9.11. The Morgan fingerprint density at radius 1 is 1.63 bits per heavy atom. The fourth-order valence-corrected chi connectivity index (χ4v) is 2.14. The number of rotatable bonds is 5. The number of carbonyl (C=O) groups excluding carboxylic acids is 1. The first-order valence-electron chi connectivity index (χ1n) is 5.54. The molecule has 1 amide bonds. The van der Waals surface area contributed by atoms with E-state index in [9.17, 15) is 4.79 Å². The molecule has 0 saturated heterocycles. The molecule has 0 fully saturated rings. The molecule has 0 radical (unpaired) electrons. The van der Waals surface area contributed by atoms with Crippen molar-refractivity contribution in [3.8, 4) is 0 Å². The van der Waals surface area contributed by atoms with Crippen molar-refractivity contribution in [2.75, 3.05) is 17.3 Å². The van der Waals surface area contributed by atoms with Gasteiger partial charge in [-0.1, -0.05) is 11.6 Å². The number of anilines is 1. The van der Waals surface area contributed by atoms with Crippen molar-refractivity contribution >= 4 is 46.4 Å². The average Bonchev–Trinajstić information content (AvgIpc) is 2.84. The molecule has 4 N–H and O–H groups in total. The van der Waals surface area contributed by atoms with Gasteiger partial charge >= 0.3 is 0 Å². The molecule has 2 aromatic rings. The fourth-order valence-electron chi connectivity index (χ4n) is 1.43. The molecule has 102 valence electrons. The largest absolute Gasteiger partial charge is 0.341 e. The van der Waals surface area contributed by atoms with E-state index >= 15 is 0 Å². The molecule has 9 heteroatoms. The Kier molecular flexibility index (Phi) is 4.56. The van der Waals surface area contributed by atoms with Gasteiger partial charge in [0, 0.05) is 0 Å². The molecule has 0 saturated carbocycles. The van der Waals surface area contributed by atoms with E-state index in [0.29, 0.717) is 17.6 Å². The zero-order chi connectivity index (χ0) is 13.8. The Hall–Kier alpha value is -1.38. The molecule has 1 atom stereocenters. The van der Waals surface area contributed by atoms with Gasteiger partial charge in [-0.25, -0.2) is 4.98 Å². The van der Waals surface area contributed by atoms with Crippen LogP contribution in [0.25, 0.3) is 11.2 Å². The monoisotopic (exact) mass is 300 g/mol. The van der Waals surface area contributed by atoms with Crippen molar-refractivity contribution in [1.29, 1.82) is 0 Å². The van der Waals surface area contributed by atoms with Crippen LogP contribution in [0.3, 0.4) is 0 Å². The molecule has 0 aliphatic heterocycles. The van der Waals surface area contributed by atoms with Crippen LogP contribution in [0.1, 0.15) is 6.42 Å². The van der Waals surface area contributed by atoms with Crippen molar-refractivity contribution in [1.82, 2.24) is 19.9 Å². The van der Waals surface area contributed by atoms with Crippen LogP contribution in [0.2, 0.25) is 5.15 Å². The minimum atomic E-state index is -0.593. The van der Waals surface area contributed by atoms with Crippen LogP contribution in [-0.2, 0) is 4.79 Å². The number of amides is 1. The molecule has 0 aliphatic rings. The maximum atomic E-state index is 11.8. The number of nitrogens with one attached hydrogen (secondary N) is 2. The van der Waals surface area contributed by atoms with Gasteiger partial charge in [-0.3, -0.25) is 10.1 Å². The number of nitrogens with two attached hydrogens (primary N) is 1. The van der Waals surface area contributed by atoms with E-state index in [-0.39, 0.29) is 17.0 Å². The van der Waals surface area contributed by atoms with Gasteiger partial charge in [0.25, 0.3) is 0 Å². The van der Waals surface area contributed by atoms with E-state index in [2.05, 4.69) is 25.3 Å². The highest BCUT2D eigenvalue weighted by Gasteiger charge is 2.16. The summed E-state index contributed by atoms with van der Waals surface area (Å²) in [6.45, 7) is 0. The summed E-state index contributed by atoms with van der Waals surface area (Å²) in [6.07, 6.45) is 4.01. The Morgan fingerprint density at radius 3 is 3.16 bits per heavy atom. The van der Waals surface area contributed by atoms with Crippen molar-refractivity contribution in [2.24, 2.45) is 5.73 Å². The van der Waals surface area contributed by atoms with Gasteiger partial charge in [0.1, 0.15) is 5.52 Å². The number of aromatic nitrogens is 4. The third-order valence-electron chi connectivity index (χ3n) is 2.45. The molecule has 2 aromatic heterocycles. The fraction of sp³-hybridized carbons (Fsp3) is 0.400. The summed E-state index contributed by atoms with van der Waals surface area (Å²) in [5.41, 5.74) is 6.68. The van der Waals surface area contributed by atoms with Gasteiger partial charge in [-0.05, 0) is 18.4 Å². The first kappa shape index (κ1) is 14.0. The summed E-state index contributed by atoms with van der Waals surface area (Å²) in [5, 5.41) is 2.74. The van der Waals surface area contributed by atoms with E-state index in [4.69, 9.17) is 17.3 Å². The highest BCUT2D eigenvalue weighted by Crippen LogP contribution is 2.18. The lowest BCUT2D eigenvalue weighted by molar-refractivity contribution is -0.117. The van der Waals surface area contributed by atoms with E-state index in [0.717, 1.165) is 5.75 Å². The zero-order valence-corrected chi connectivity index (χ0v) is 11.8. The number of aromatic amines is 1. The lowest BCUT2D eigenvalue weighted by Gasteiger charge is -2.10. The van der Waals surface area contributed by atoms with Gasteiger partial charge in [0.15, 0.2) is 10.8 Å². The molecular formula is C10H13ClN6OS. The number of hydrogen-bond donors (Lipinski definition) is 3. The second-order valence-electron chi connectivity index (χ2n) is 3.82.